The molecule has 0 aliphatic carbocycles. The first-order chi connectivity index (χ1) is 13.0. The van der Waals surface area contributed by atoms with Crippen molar-refractivity contribution in [1.82, 2.24) is 9.97 Å². The van der Waals surface area contributed by atoms with Crippen molar-refractivity contribution in [3.63, 3.8) is 0 Å². The first-order valence-electron chi connectivity index (χ1n) is 9.00. The smallest absolute Gasteiger partial charge is 0.222 e. The zero-order chi connectivity index (χ0) is 19.4. The van der Waals surface area contributed by atoms with E-state index in [0.717, 1.165) is 35.6 Å². The molecule has 1 atom stereocenters. The number of aliphatic hydroxyl groups excluding tert-OH is 2. The van der Waals surface area contributed by atoms with Gasteiger partial charge in [-0.2, -0.15) is 4.98 Å². The minimum absolute atomic E-state index is 0.121. The number of halogens is 1. The van der Waals surface area contributed by atoms with Gasteiger partial charge in [0, 0.05) is 35.9 Å². The minimum Gasteiger partial charge on any atom is -0.396 e. The molecule has 1 fully saturated rings. The van der Waals surface area contributed by atoms with Gasteiger partial charge < -0.3 is 25.6 Å². The predicted octanol–water partition coefficient (Wildman–Crippen LogP) is 2.06. The highest BCUT2D eigenvalue weighted by Crippen LogP contribution is 2.34. The second-order valence-corrected chi connectivity index (χ2v) is 7.11. The van der Waals surface area contributed by atoms with Crippen molar-refractivity contribution in [3.8, 4) is 0 Å². The number of benzene rings is 1. The van der Waals surface area contributed by atoms with Gasteiger partial charge in [0.15, 0.2) is 0 Å². The molecule has 0 saturated carbocycles. The van der Waals surface area contributed by atoms with Gasteiger partial charge in [0.2, 0.25) is 5.95 Å². The summed E-state index contributed by atoms with van der Waals surface area (Å²) < 4.78 is 5.79. The van der Waals surface area contributed by atoms with Crippen molar-refractivity contribution < 1.29 is 14.9 Å². The van der Waals surface area contributed by atoms with Gasteiger partial charge in [-0.3, -0.25) is 0 Å². The fourth-order valence-electron chi connectivity index (χ4n) is 3.37. The van der Waals surface area contributed by atoms with Crippen LogP contribution in [0.2, 0.25) is 5.02 Å². The van der Waals surface area contributed by atoms with Crippen molar-refractivity contribution in [2.45, 2.75) is 25.3 Å². The molecular weight excluding hydrogens is 368 g/mol. The van der Waals surface area contributed by atoms with Gasteiger partial charge >= 0.3 is 0 Å². The van der Waals surface area contributed by atoms with Crippen LogP contribution in [0.4, 0.5) is 11.8 Å². The Morgan fingerprint density at radius 2 is 2.07 bits per heavy atom. The molecule has 146 valence electrons. The highest BCUT2D eigenvalue weighted by atomic mass is 35.5. The van der Waals surface area contributed by atoms with Crippen LogP contribution in [-0.2, 0) is 4.74 Å². The summed E-state index contributed by atoms with van der Waals surface area (Å²) in [6.07, 6.45) is 0.867. The second-order valence-electron chi connectivity index (χ2n) is 6.71. The van der Waals surface area contributed by atoms with Crippen molar-refractivity contribution in [2.75, 3.05) is 43.6 Å². The number of nitrogen functional groups attached to an aromatic ring is 1. The number of hydrogen-bond acceptors (Lipinski definition) is 7. The Kier molecular flexibility index (Phi) is 6.49. The van der Waals surface area contributed by atoms with Crippen LogP contribution in [0.1, 0.15) is 35.2 Å². The lowest BCUT2D eigenvalue weighted by atomic mass is 9.97. The number of nitrogens with two attached hydrogens (primary N) is 1. The van der Waals surface area contributed by atoms with E-state index in [4.69, 9.17) is 22.1 Å². The zero-order valence-electron chi connectivity index (χ0n) is 15.3. The first-order valence-corrected chi connectivity index (χ1v) is 9.38. The summed E-state index contributed by atoms with van der Waals surface area (Å²) in [6.45, 7) is 3.52. The van der Waals surface area contributed by atoms with E-state index in [2.05, 4.69) is 14.9 Å². The van der Waals surface area contributed by atoms with Crippen molar-refractivity contribution in [3.05, 3.63) is 46.1 Å². The van der Waals surface area contributed by atoms with E-state index in [1.807, 2.05) is 25.1 Å². The monoisotopic (exact) mass is 392 g/mol. The molecule has 0 radical (unpaired) electrons. The van der Waals surface area contributed by atoms with Gasteiger partial charge in [-0.25, -0.2) is 4.98 Å². The van der Waals surface area contributed by atoms with Gasteiger partial charge in [0.1, 0.15) is 5.82 Å². The molecule has 27 heavy (non-hydrogen) atoms. The van der Waals surface area contributed by atoms with Crippen LogP contribution < -0.4 is 10.6 Å². The summed E-state index contributed by atoms with van der Waals surface area (Å²) in [7, 11) is 0. The zero-order valence-corrected chi connectivity index (χ0v) is 16.1. The topological polar surface area (TPSA) is 105 Å². The first kappa shape index (κ1) is 19.8. The number of aromatic nitrogens is 2. The van der Waals surface area contributed by atoms with Gasteiger partial charge in [0.25, 0.3) is 0 Å². The number of aryl methyl sites for hydroxylation is 1. The summed E-state index contributed by atoms with van der Waals surface area (Å²) in [5.41, 5.74) is 8.36. The Morgan fingerprint density at radius 1 is 1.30 bits per heavy atom. The molecule has 1 aliphatic rings. The fraction of sp³-hybridized carbons (Fsp3) is 0.474. The summed E-state index contributed by atoms with van der Waals surface area (Å²) in [6, 6.07) is 7.41. The van der Waals surface area contributed by atoms with E-state index < -0.39 is 0 Å². The molecule has 1 saturated heterocycles. The maximum absolute atomic E-state index is 9.41. The Bertz CT molecular complexity index is 765. The van der Waals surface area contributed by atoms with Crippen LogP contribution in [0, 0.1) is 6.92 Å². The van der Waals surface area contributed by atoms with Crippen LogP contribution >= 0.6 is 11.6 Å². The van der Waals surface area contributed by atoms with Crippen molar-refractivity contribution >= 4 is 23.4 Å². The predicted molar refractivity (Wildman–Crippen MR) is 105 cm³/mol. The molecule has 7 nitrogen and oxygen atoms in total. The normalized spacial score (nSPS) is 18.0. The summed E-state index contributed by atoms with van der Waals surface area (Å²) >= 11 is 6.59. The maximum Gasteiger partial charge on any atom is 0.222 e. The van der Waals surface area contributed by atoms with Crippen LogP contribution in [-0.4, -0.2) is 53.2 Å². The average Bonchev–Trinajstić information content (AvgIpc) is 2.88. The molecule has 1 unspecified atom stereocenters. The third kappa shape index (κ3) is 4.50. The van der Waals surface area contributed by atoms with Gasteiger partial charge in [-0.05, 0) is 30.5 Å². The molecule has 2 aromatic rings. The van der Waals surface area contributed by atoms with E-state index >= 15 is 0 Å². The van der Waals surface area contributed by atoms with E-state index in [-0.39, 0.29) is 31.1 Å². The molecule has 1 aromatic heterocycles. The number of aliphatic hydroxyl groups is 2. The van der Waals surface area contributed by atoms with Crippen LogP contribution in [0.5, 0.6) is 0 Å². The lowest BCUT2D eigenvalue weighted by molar-refractivity contribution is 0.134. The minimum atomic E-state index is -0.345. The summed E-state index contributed by atoms with van der Waals surface area (Å²) in [5, 5.41) is 19.4. The van der Waals surface area contributed by atoms with Crippen LogP contribution in [0.15, 0.2) is 24.3 Å². The van der Waals surface area contributed by atoms with Crippen molar-refractivity contribution in [1.29, 1.82) is 0 Å². The molecule has 2 heterocycles. The molecule has 4 N–H and O–H groups in total. The van der Waals surface area contributed by atoms with E-state index in [0.29, 0.717) is 18.2 Å². The molecular formula is C19H25ClN4O3. The fourth-order valence-corrected chi connectivity index (χ4v) is 3.68. The largest absolute Gasteiger partial charge is 0.396 e. The lowest BCUT2D eigenvalue weighted by Gasteiger charge is -2.31. The number of anilines is 2. The number of hydrogen-bond donors (Lipinski definition) is 3. The molecule has 0 amide bonds. The Morgan fingerprint density at radius 3 is 2.74 bits per heavy atom. The van der Waals surface area contributed by atoms with E-state index in [9.17, 15) is 10.2 Å². The summed E-state index contributed by atoms with van der Waals surface area (Å²) in [4.78, 5) is 10.7. The molecule has 0 spiro atoms. The highest BCUT2D eigenvalue weighted by Gasteiger charge is 2.27. The van der Waals surface area contributed by atoms with E-state index in [1.54, 1.807) is 6.07 Å². The Hall–Kier alpha value is -1.93. The quantitative estimate of drug-likeness (QED) is 0.715. The summed E-state index contributed by atoms with van der Waals surface area (Å²) in [5.74, 6) is 0.644. The number of ether oxygens (including phenoxy) is 1. The number of rotatable bonds is 5. The lowest BCUT2D eigenvalue weighted by Crippen LogP contribution is -2.32. The van der Waals surface area contributed by atoms with Gasteiger partial charge in [0.05, 0.1) is 25.9 Å². The SMILES string of the molecule is Cc1cc(N2CCCOCC2c2ccc(C(CO)CO)cc2Cl)nc(N)n1. The van der Waals surface area contributed by atoms with Gasteiger partial charge in [-0.15, -0.1) is 0 Å². The molecule has 1 aliphatic heterocycles. The van der Waals surface area contributed by atoms with Crippen molar-refractivity contribution in [2.24, 2.45) is 0 Å². The van der Waals surface area contributed by atoms with Crippen LogP contribution in [0.25, 0.3) is 0 Å². The maximum atomic E-state index is 9.41. The third-order valence-electron chi connectivity index (χ3n) is 4.79. The Labute approximate surface area is 163 Å². The number of nitrogens with zero attached hydrogens (tertiary/aromatic N) is 3. The molecule has 8 heteroatoms. The molecule has 1 aromatic carbocycles. The molecule has 3 rings (SSSR count). The van der Waals surface area contributed by atoms with Crippen LogP contribution in [0.3, 0.4) is 0 Å². The van der Waals surface area contributed by atoms with E-state index in [1.165, 1.54) is 0 Å². The third-order valence-corrected chi connectivity index (χ3v) is 5.11. The molecule has 0 bridgehead atoms. The highest BCUT2D eigenvalue weighted by molar-refractivity contribution is 6.31. The van der Waals surface area contributed by atoms with Gasteiger partial charge in [-0.1, -0.05) is 23.7 Å². The Balaban J connectivity index is 1.98. The average molecular weight is 393 g/mol. The second kappa shape index (κ2) is 8.84. The standard InChI is InChI=1S/C19H25ClN4O3/c1-12-7-18(23-19(21)22-12)24-5-2-6-27-11-17(24)15-4-3-13(8-16(15)20)14(9-25)10-26/h3-4,7-8,14,17,25-26H,2,5-6,9-11H2,1H3,(H2,21,22,23).